The van der Waals surface area contributed by atoms with Gasteiger partial charge in [-0.25, -0.2) is 9.59 Å². The fraction of sp³-hybridized carbons (Fsp3) is 0.611. The summed E-state index contributed by atoms with van der Waals surface area (Å²) in [5, 5.41) is 2.80. The topological polar surface area (TPSA) is 101 Å². The van der Waals surface area contributed by atoms with Gasteiger partial charge in [-0.2, -0.15) is 0 Å². The number of esters is 1. The smallest absolute Gasteiger partial charge is 0.354 e. The van der Waals surface area contributed by atoms with Crippen molar-refractivity contribution < 1.29 is 23.9 Å². The van der Waals surface area contributed by atoms with Crippen molar-refractivity contribution in [2.75, 3.05) is 27.4 Å². The van der Waals surface area contributed by atoms with E-state index in [0.717, 1.165) is 0 Å². The monoisotopic (exact) mass is 367 g/mol. The molecular weight excluding hydrogens is 338 g/mol. The molecule has 0 aliphatic heterocycles. The number of Topliss-reactive ketones (excluding diaryl/α,β-unsaturated/α-hetero) is 1. The van der Waals surface area contributed by atoms with E-state index >= 15 is 0 Å². The van der Waals surface area contributed by atoms with Crippen LogP contribution in [0.5, 0.6) is 0 Å². The molecule has 0 aliphatic carbocycles. The first-order chi connectivity index (χ1) is 12.1. The lowest BCUT2D eigenvalue weighted by Gasteiger charge is -2.29. The molecule has 1 heterocycles. The molecule has 0 saturated heterocycles. The third-order valence-electron chi connectivity index (χ3n) is 4.13. The van der Waals surface area contributed by atoms with E-state index in [2.05, 4.69) is 10.3 Å². The number of hydrogen-bond acceptors (Lipinski definition) is 5. The van der Waals surface area contributed by atoms with E-state index in [9.17, 15) is 14.4 Å². The van der Waals surface area contributed by atoms with Crippen LogP contribution in [0.15, 0.2) is 0 Å². The van der Waals surface area contributed by atoms with Crippen LogP contribution in [0.1, 0.15) is 52.9 Å². The highest BCUT2D eigenvalue weighted by Gasteiger charge is 2.31. The Bertz CT molecular complexity index is 666. The molecule has 8 nitrogen and oxygen atoms in total. The number of H-pyrrole nitrogens is 1. The zero-order chi connectivity index (χ0) is 20.0. The Kier molecular flexibility index (Phi) is 7.82. The van der Waals surface area contributed by atoms with Gasteiger partial charge >= 0.3 is 12.0 Å². The zero-order valence-corrected chi connectivity index (χ0v) is 16.6. The Morgan fingerprint density at radius 1 is 1.15 bits per heavy atom. The Morgan fingerprint density at radius 2 is 1.77 bits per heavy atom. The first-order valence-corrected chi connectivity index (χ1v) is 8.53. The minimum Gasteiger partial charge on any atom is -0.464 e. The molecule has 1 aromatic heterocycles. The molecule has 1 aromatic rings. The third-order valence-corrected chi connectivity index (χ3v) is 4.13. The van der Waals surface area contributed by atoms with Crippen LogP contribution in [0.2, 0.25) is 0 Å². The molecule has 2 N–H and O–H groups in total. The highest BCUT2D eigenvalue weighted by atomic mass is 16.5. The van der Waals surface area contributed by atoms with Gasteiger partial charge in [-0.15, -0.1) is 0 Å². The van der Waals surface area contributed by atoms with Crippen molar-refractivity contribution in [3.05, 3.63) is 22.5 Å². The Labute approximate surface area is 154 Å². The van der Waals surface area contributed by atoms with Gasteiger partial charge in [-0.1, -0.05) is 0 Å². The SMILES string of the molecule is COCCN(C(=O)NC(C)C)[C@@H](C)C(=O)c1c(C)[nH]c(C(=O)OC)c1C. The summed E-state index contributed by atoms with van der Waals surface area (Å²) in [6.45, 7) is 9.35. The average Bonchev–Trinajstić information content (AvgIpc) is 2.87. The second-order valence-corrected chi connectivity index (χ2v) is 6.45. The van der Waals surface area contributed by atoms with Crippen molar-refractivity contribution in [1.29, 1.82) is 0 Å². The number of nitrogens with one attached hydrogen (secondary N) is 2. The minimum atomic E-state index is -0.720. The molecule has 1 atom stereocenters. The van der Waals surface area contributed by atoms with Crippen molar-refractivity contribution in [2.24, 2.45) is 0 Å². The molecule has 146 valence electrons. The highest BCUT2D eigenvalue weighted by molar-refractivity contribution is 6.06. The number of ether oxygens (including phenoxy) is 2. The number of aromatic nitrogens is 1. The van der Waals surface area contributed by atoms with Crippen molar-refractivity contribution in [3.8, 4) is 0 Å². The van der Waals surface area contributed by atoms with Crippen molar-refractivity contribution in [2.45, 2.75) is 46.7 Å². The molecular formula is C18H29N3O5. The van der Waals surface area contributed by atoms with Gasteiger partial charge < -0.3 is 24.7 Å². The Hall–Kier alpha value is -2.35. The van der Waals surface area contributed by atoms with E-state index in [1.165, 1.54) is 19.1 Å². The van der Waals surface area contributed by atoms with Gasteiger partial charge in [0.1, 0.15) is 5.69 Å². The van der Waals surface area contributed by atoms with Crippen LogP contribution in [0.3, 0.4) is 0 Å². The fourth-order valence-electron chi connectivity index (χ4n) is 2.77. The van der Waals surface area contributed by atoms with Crippen LogP contribution in [0.25, 0.3) is 0 Å². The average molecular weight is 367 g/mol. The molecule has 8 heteroatoms. The van der Waals surface area contributed by atoms with E-state index in [1.807, 2.05) is 13.8 Å². The van der Waals surface area contributed by atoms with Gasteiger partial charge in [0.15, 0.2) is 5.78 Å². The molecule has 0 spiro atoms. The van der Waals surface area contributed by atoms with Gasteiger partial charge in [0.05, 0.1) is 19.8 Å². The molecule has 0 aliphatic rings. The summed E-state index contributed by atoms with van der Waals surface area (Å²) in [7, 11) is 2.82. The number of aromatic amines is 1. The van der Waals surface area contributed by atoms with Crippen LogP contribution in [0.4, 0.5) is 4.79 Å². The van der Waals surface area contributed by atoms with Gasteiger partial charge in [0, 0.05) is 31.0 Å². The maximum absolute atomic E-state index is 13.1. The highest BCUT2D eigenvalue weighted by Crippen LogP contribution is 2.22. The van der Waals surface area contributed by atoms with E-state index in [4.69, 9.17) is 9.47 Å². The van der Waals surface area contributed by atoms with E-state index < -0.39 is 12.0 Å². The number of amides is 2. The lowest BCUT2D eigenvalue weighted by Crippen LogP contribution is -2.51. The Balaban J connectivity index is 3.17. The predicted molar refractivity (Wildman–Crippen MR) is 97.6 cm³/mol. The van der Waals surface area contributed by atoms with Gasteiger partial charge in [0.2, 0.25) is 0 Å². The second kappa shape index (κ2) is 9.38. The largest absolute Gasteiger partial charge is 0.464 e. The summed E-state index contributed by atoms with van der Waals surface area (Å²) in [4.78, 5) is 41.7. The first-order valence-electron chi connectivity index (χ1n) is 8.53. The predicted octanol–water partition coefficient (Wildman–Crippen LogP) is 2.06. The molecule has 0 saturated carbocycles. The second-order valence-electron chi connectivity index (χ2n) is 6.45. The van der Waals surface area contributed by atoms with Gasteiger partial charge in [0.25, 0.3) is 0 Å². The van der Waals surface area contributed by atoms with Crippen LogP contribution in [-0.2, 0) is 9.47 Å². The van der Waals surface area contributed by atoms with E-state index in [0.29, 0.717) is 23.4 Å². The molecule has 0 unspecified atom stereocenters. The lowest BCUT2D eigenvalue weighted by atomic mass is 10.00. The van der Waals surface area contributed by atoms with Crippen LogP contribution in [0, 0.1) is 13.8 Å². The normalized spacial score (nSPS) is 12.0. The summed E-state index contributed by atoms with van der Waals surface area (Å²) in [6, 6.07) is -1.11. The maximum Gasteiger partial charge on any atom is 0.354 e. The van der Waals surface area contributed by atoms with Crippen molar-refractivity contribution >= 4 is 17.8 Å². The number of hydrogen-bond donors (Lipinski definition) is 2. The fourth-order valence-corrected chi connectivity index (χ4v) is 2.77. The number of carbonyl (C=O) groups is 3. The third kappa shape index (κ3) is 4.85. The number of rotatable bonds is 8. The number of nitrogens with zero attached hydrogens (tertiary/aromatic N) is 1. The standard InChI is InChI=1S/C18H29N3O5/c1-10(2)19-18(24)21(8-9-25-6)13(5)16(22)14-11(3)15(17(23)26-7)20-12(14)4/h10,13,20H,8-9H2,1-7H3,(H,19,24)/t13-/m0/s1. The summed E-state index contributed by atoms with van der Waals surface area (Å²) in [6.07, 6.45) is 0. The van der Waals surface area contributed by atoms with Gasteiger partial charge in [-0.05, 0) is 40.2 Å². The molecule has 0 aromatic carbocycles. The molecule has 2 amide bonds. The maximum atomic E-state index is 13.1. The minimum absolute atomic E-state index is 0.0588. The van der Waals surface area contributed by atoms with Crippen LogP contribution in [-0.4, -0.2) is 67.1 Å². The zero-order valence-electron chi connectivity index (χ0n) is 16.6. The summed E-state index contributed by atoms with van der Waals surface area (Å²) in [5.74, 6) is -0.785. The number of urea groups is 1. The first kappa shape index (κ1) is 21.7. The van der Waals surface area contributed by atoms with Gasteiger partial charge in [-0.3, -0.25) is 4.79 Å². The number of aryl methyl sites for hydroxylation is 1. The molecule has 0 radical (unpaired) electrons. The summed E-state index contributed by atoms with van der Waals surface area (Å²) < 4.78 is 9.80. The lowest BCUT2D eigenvalue weighted by molar-refractivity contribution is 0.0593. The number of methoxy groups -OCH3 is 2. The quantitative estimate of drug-likeness (QED) is 0.541. The van der Waals surface area contributed by atoms with Crippen molar-refractivity contribution in [1.82, 2.24) is 15.2 Å². The summed E-state index contributed by atoms with van der Waals surface area (Å²) >= 11 is 0. The molecule has 0 bridgehead atoms. The number of carbonyl (C=O) groups excluding carboxylic acids is 3. The molecule has 0 fully saturated rings. The number of ketones is 1. The van der Waals surface area contributed by atoms with Crippen LogP contribution >= 0.6 is 0 Å². The van der Waals surface area contributed by atoms with E-state index in [-0.39, 0.29) is 30.1 Å². The van der Waals surface area contributed by atoms with Crippen molar-refractivity contribution in [3.63, 3.8) is 0 Å². The molecule has 26 heavy (non-hydrogen) atoms. The Morgan fingerprint density at radius 3 is 2.27 bits per heavy atom. The van der Waals surface area contributed by atoms with E-state index in [1.54, 1.807) is 20.8 Å². The molecule has 1 rings (SSSR count). The summed E-state index contributed by atoms with van der Waals surface area (Å²) in [5.41, 5.74) is 1.73. The van der Waals surface area contributed by atoms with Crippen LogP contribution < -0.4 is 5.32 Å².